The molecule has 5 heteroatoms. The third kappa shape index (κ3) is 2.97. The first-order valence-electron chi connectivity index (χ1n) is 5.53. The van der Waals surface area contributed by atoms with Crippen molar-refractivity contribution in [2.24, 2.45) is 4.99 Å². The topological polar surface area (TPSA) is 38.7 Å². The molecule has 2 rings (SSSR count). The van der Waals surface area contributed by atoms with Crippen molar-refractivity contribution in [1.29, 1.82) is 0 Å². The monoisotopic (exact) mass is 279 g/mol. The van der Waals surface area contributed by atoms with Gasteiger partial charge in [-0.25, -0.2) is 4.99 Å². The van der Waals surface area contributed by atoms with Gasteiger partial charge in [0, 0.05) is 5.56 Å². The highest BCUT2D eigenvalue weighted by Crippen LogP contribution is 2.31. The predicted octanol–water partition coefficient (Wildman–Crippen LogP) is 3.42. The van der Waals surface area contributed by atoms with Gasteiger partial charge in [-0.05, 0) is 37.1 Å². The minimum absolute atomic E-state index is 0.00866. The van der Waals surface area contributed by atoms with Crippen LogP contribution in [0.25, 0.3) is 6.08 Å². The first kappa shape index (κ1) is 13.2. The summed E-state index contributed by atoms with van der Waals surface area (Å²) >= 11 is 2.66. The Morgan fingerprint density at radius 2 is 2.22 bits per heavy atom. The van der Waals surface area contributed by atoms with Crippen molar-refractivity contribution in [3.63, 3.8) is 0 Å². The Hall–Kier alpha value is -1.20. The molecule has 0 bridgehead atoms. The number of benzene rings is 1. The fourth-order valence-corrected chi connectivity index (χ4v) is 2.77. The van der Waals surface area contributed by atoms with E-state index in [2.05, 4.69) is 4.99 Å². The van der Waals surface area contributed by atoms with Gasteiger partial charge < -0.3 is 4.74 Å². The summed E-state index contributed by atoms with van der Waals surface area (Å²) in [5.41, 5.74) is 1.37. The number of nitrogens with zero attached hydrogens (tertiary/aromatic N) is 1. The highest BCUT2D eigenvalue weighted by Gasteiger charge is 2.21. The van der Waals surface area contributed by atoms with Crippen LogP contribution in [0.5, 0.6) is 5.75 Å². The minimum Gasteiger partial charge on any atom is -0.493 e. The number of hydrogen-bond acceptors (Lipinski definition) is 5. The molecule has 94 valence electrons. The van der Waals surface area contributed by atoms with Crippen LogP contribution in [0, 0.1) is 0 Å². The molecule has 3 nitrogen and oxygen atoms in total. The number of rotatable bonds is 3. The number of carbonyl (C=O) groups excluding carboxylic acids is 1. The van der Waals surface area contributed by atoms with Gasteiger partial charge in [-0.15, -0.1) is 11.8 Å². The Morgan fingerprint density at radius 1 is 1.44 bits per heavy atom. The van der Waals surface area contributed by atoms with Crippen LogP contribution in [0.4, 0.5) is 0 Å². The summed E-state index contributed by atoms with van der Waals surface area (Å²) in [6, 6.07) is 7.64. The summed E-state index contributed by atoms with van der Waals surface area (Å²) in [6.45, 7) is 2.53. The summed E-state index contributed by atoms with van der Waals surface area (Å²) in [6.07, 6.45) is 3.69. The summed E-state index contributed by atoms with van der Waals surface area (Å²) in [5.74, 6) is 0.776. The number of carbonyl (C=O) groups is 1. The van der Waals surface area contributed by atoms with E-state index in [1.807, 2.05) is 37.4 Å². The lowest BCUT2D eigenvalue weighted by molar-refractivity contribution is -0.107. The van der Waals surface area contributed by atoms with E-state index in [1.54, 1.807) is 6.08 Å². The average molecular weight is 279 g/mol. The van der Waals surface area contributed by atoms with Gasteiger partial charge in [-0.1, -0.05) is 18.2 Å². The second-order valence-corrected chi connectivity index (χ2v) is 5.49. The number of thioether (sulfide) groups is 2. The molecule has 0 amide bonds. The van der Waals surface area contributed by atoms with Crippen molar-refractivity contribution in [2.45, 2.75) is 6.92 Å². The molecule has 18 heavy (non-hydrogen) atoms. The van der Waals surface area contributed by atoms with E-state index >= 15 is 0 Å². The maximum Gasteiger partial charge on any atom is 0.244 e. The van der Waals surface area contributed by atoms with Crippen LogP contribution < -0.4 is 4.74 Å². The van der Waals surface area contributed by atoms with E-state index in [0.29, 0.717) is 12.3 Å². The van der Waals surface area contributed by atoms with Crippen molar-refractivity contribution < 1.29 is 9.53 Å². The van der Waals surface area contributed by atoms with Crippen molar-refractivity contribution in [2.75, 3.05) is 12.9 Å². The number of ether oxygens (including phenoxy) is 1. The Labute approximate surface area is 115 Å². The second-order valence-electron chi connectivity index (χ2n) is 3.47. The lowest BCUT2D eigenvalue weighted by atomic mass is 10.1. The number of para-hydroxylation sites is 1. The van der Waals surface area contributed by atoms with Gasteiger partial charge in [0.15, 0.2) is 0 Å². The first-order valence-corrected chi connectivity index (χ1v) is 7.57. The second kappa shape index (κ2) is 6.11. The van der Waals surface area contributed by atoms with Gasteiger partial charge in [-0.2, -0.15) is 0 Å². The largest absolute Gasteiger partial charge is 0.493 e. The normalized spacial score (nSPS) is 17.1. The molecule has 0 aromatic heterocycles. The average Bonchev–Trinajstić information content (AvgIpc) is 2.73. The van der Waals surface area contributed by atoms with Crippen LogP contribution >= 0.6 is 23.5 Å². The first-order chi connectivity index (χ1) is 8.74. The Balaban J connectivity index is 2.33. The van der Waals surface area contributed by atoms with E-state index < -0.39 is 0 Å². The van der Waals surface area contributed by atoms with Gasteiger partial charge in [0.05, 0.1) is 6.61 Å². The maximum atomic E-state index is 11.7. The number of hydrogen-bond donors (Lipinski definition) is 0. The third-order valence-electron chi connectivity index (χ3n) is 2.29. The lowest BCUT2D eigenvalue weighted by Gasteiger charge is -2.06. The van der Waals surface area contributed by atoms with Crippen LogP contribution in [-0.4, -0.2) is 22.4 Å². The van der Waals surface area contributed by atoms with Crippen LogP contribution in [-0.2, 0) is 4.79 Å². The van der Waals surface area contributed by atoms with E-state index in [-0.39, 0.29) is 5.12 Å². The Kier molecular flexibility index (Phi) is 4.49. The van der Waals surface area contributed by atoms with E-state index in [0.717, 1.165) is 15.7 Å². The quantitative estimate of drug-likeness (QED) is 0.795. The van der Waals surface area contributed by atoms with Gasteiger partial charge in [0.1, 0.15) is 15.8 Å². The zero-order valence-corrected chi connectivity index (χ0v) is 11.8. The third-order valence-corrected chi connectivity index (χ3v) is 4.14. The smallest absolute Gasteiger partial charge is 0.244 e. The molecular formula is C13H13NO2S2. The van der Waals surface area contributed by atoms with Crippen molar-refractivity contribution in [3.05, 3.63) is 35.5 Å². The molecule has 0 aliphatic carbocycles. The summed E-state index contributed by atoms with van der Waals surface area (Å²) in [4.78, 5) is 16.0. The zero-order valence-electron chi connectivity index (χ0n) is 10.2. The van der Waals surface area contributed by atoms with Crippen molar-refractivity contribution in [1.82, 2.24) is 0 Å². The molecule has 0 fully saturated rings. The van der Waals surface area contributed by atoms with Crippen LogP contribution in [0.3, 0.4) is 0 Å². The standard InChI is InChI=1S/C13H13NO2S2/c1-3-16-11-7-5-4-6-9(11)8-10-12(15)18-13(14-10)17-2/h4-8H,3H2,1-2H3/b10-8-. The van der Waals surface area contributed by atoms with Crippen LogP contribution in [0.2, 0.25) is 0 Å². The molecular weight excluding hydrogens is 266 g/mol. The molecule has 0 radical (unpaired) electrons. The summed E-state index contributed by atoms with van der Waals surface area (Å²) in [5, 5.41) is -0.00866. The molecule has 0 atom stereocenters. The van der Waals surface area contributed by atoms with Gasteiger partial charge in [0.2, 0.25) is 5.12 Å². The summed E-state index contributed by atoms with van der Waals surface area (Å²) in [7, 11) is 0. The molecule has 1 aromatic carbocycles. The predicted molar refractivity (Wildman–Crippen MR) is 79.1 cm³/mol. The molecule has 1 aliphatic heterocycles. The van der Waals surface area contributed by atoms with E-state index in [1.165, 1.54) is 23.5 Å². The van der Waals surface area contributed by atoms with Gasteiger partial charge in [-0.3, -0.25) is 4.79 Å². The minimum atomic E-state index is -0.00866. The molecule has 0 saturated carbocycles. The molecule has 1 aromatic rings. The zero-order chi connectivity index (χ0) is 13.0. The van der Waals surface area contributed by atoms with E-state index in [9.17, 15) is 4.79 Å². The molecule has 0 spiro atoms. The van der Waals surface area contributed by atoms with Crippen molar-refractivity contribution >= 4 is 39.1 Å². The summed E-state index contributed by atoms with van der Waals surface area (Å²) < 4.78 is 6.31. The molecule has 0 saturated heterocycles. The number of aliphatic imine (C=N–C) groups is 1. The fraction of sp³-hybridized carbons (Fsp3) is 0.231. The highest BCUT2D eigenvalue weighted by molar-refractivity contribution is 8.45. The van der Waals surface area contributed by atoms with Crippen LogP contribution in [0.15, 0.2) is 35.0 Å². The fourth-order valence-electron chi connectivity index (χ4n) is 1.51. The molecule has 0 unspecified atom stereocenters. The lowest BCUT2D eigenvalue weighted by Crippen LogP contribution is -1.94. The van der Waals surface area contributed by atoms with Gasteiger partial charge >= 0.3 is 0 Å². The van der Waals surface area contributed by atoms with Crippen LogP contribution in [0.1, 0.15) is 12.5 Å². The molecule has 0 N–H and O–H groups in total. The van der Waals surface area contributed by atoms with E-state index in [4.69, 9.17) is 4.74 Å². The SMILES string of the molecule is CCOc1ccccc1/C=C1\N=C(SC)SC1=O. The molecule has 1 aliphatic rings. The van der Waals surface area contributed by atoms with Crippen molar-refractivity contribution in [3.8, 4) is 5.75 Å². The maximum absolute atomic E-state index is 11.7. The Bertz CT molecular complexity index is 523. The van der Waals surface area contributed by atoms with Gasteiger partial charge in [0.25, 0.3) is 0 Å². The Morgan fingerprint density at radius 3 is 2.89 bits per heavy atom. The highest BCUT2D eigenvalue weighted by atomic mass is 32.2. The molecule has 1 heterocycles.